The summed E-state index contributed by atoms with van der Waals surface area (Å²) in [5.41, 5.74) is -0.883. The summed E-state index contributed by atoms with van der Waals surface area (Å²) in [6.45, 7) is 4.00. The predicted molar refractivity (Wildman–Crippen MR) is 67.1 cm³/mol. The third-order valence-corrected chi connectivity index (χ3v) is 3.99. The van der Waals surface area contributed by atoms with Gasteiger partial charge in [-0.1, -0.05) is 26.0 Å². The molecule has 1 aliphatic rings. The van der Waals surface area contributed by atoms with Crippen molar-refractivity contribution in [2.45, 2.75) is 38.6 Å². The molecule has 2 rings (SSSR count). The van der Waals surface area contributed by atoms with Crippen LogP contribution in [0.25, 0.3) is 0 Å². The molecule has 2 atom stereocenters. The van der Waals surface area contributed by atoms with E-state index in [4.69, 9.17) is 4.74 Å². The van der Waals surface area contributed by atoms with Crippen molar-refractivity contribution in [2.24, 2.45) is 5.41 Å². The van der Waals surface area contributed by atoms with E-state index in [2.05, 4.69) is 5.32 Å². The zero-order chi connectivity index (χ0) is 14.3. The van der Waals surface area contributed by atoms with Gasteiger partial charge in [-0.2, -0.15) is 13.2 Å². The minimum atomic E-state index is -4.38. The van der Waals surface area contributed by atoms with E-state index in [0.717, 1.165) is 12.5 Å². The van der Waals surface area contributed by atoms with E-state index in [9.17, 15) is 13.2 Å². The van der Waals surface area contributed by atoms with Crippen LogP contribution in [-0.4, -0.2) is 19.2 Å². The SMILES string of the molecule is CNC1CC(Oc2ccccc2C(F)(F)F)C1(C)C. The van der Waals surface area contributed by atoms with Gasteiger partial charge in [0.25, 0.3) is 0 Å². The van der Waals surface area contributed by atoms with Crippen LogP contribution in [0.1, 0.15) is 25.8 Å². The van der Waals surface area contributed by atoms with E-state index < -0.39 is 11.7 Å². The number of rotatable bonds is 3. The Morgan fingerprint density at radius 2 is 1.89 bits per heavy atom. The van der Waals surface area contributed by atoms with Crippen molar-refractivity contribution in [3.8, 4) is 5.75 Å². The van der Waals surface area contributed by atoms with Gasteiger partial charge < -0.3 is 10.1 Å². The van der Waals surface area contributed by atoms with Gasteiger partial charge >= 0.3 is 6.18 Å². The van der Waals surface area contributed by atoms with Crippen molar-refractivity contribution in [1.29, 1.82) is 0 Å². The van der Waals surface area contributed by atoms with Crippen LogP contribution in [0, 0.1) is 5.41 Å². The molecule has 0 bridgehead atoms. The number of hydrogen-bond donors (Lipinski definition) is 1. The number of nitrogens with one attached hydrogen (secondary N) is 1. The van der Waals surface area contributed by atoms with Crippen LogP contribution in [0.5, 0.6) is 5.75 Å². The summed E-state index contributed by atoms with van der Waals surface area (Å²) in [7, 11) is 1.85. The Hall–Kier alpha value is -1.23. The van der Waals surface area contributed by atoms with Gasteiger partial charge in [0.2, 0.25) is 0 Å². The van der Waals surface area contributed by atoms with Gasteiger partial charge in [0.1, 0.15) is 11.9 Å². The highest BCUT2D eigenvalue weighted by Gasteiger charge is 2.49. The normalized spacial score (nSPS) is 25.8. The second-order valence-electron chi connectivity index (χ2n) is 5.50. The van der Waals surface area contributed by atoms with E-state index in [1.54, 1.807) is 6.07 Å². The molecule has 19 heavy (non-hydrogen) atoms. The highest BCUT2D eigenvalue weighted by molar-refractivity contribution is 5.36. The third-order valence-electron chi connectivity index (χ3n) is 3.99. The van der Waals surface area contributed by atoms with Crippen molar-refractivity contribution in [3.05, 3.63) is 29.8 Å². The molecule has 1 N–H and O–H groups in total. The minimum Gasteiger partial charge on any atom is -0.489 e. The molecule has 2 unspecified atom stereocenters. The summed E-state index contributed by atoms with van der Waals surface area (Å²) < 4.78 is 44.2. The number of halogens is 3. The average Bonchev–Trinajstić information content (AvgIpc) is 2.33. The second-order valence-corrected chi connectivity index (χ2v) is 5.50. The topological polar surface area (TPSA) is 21.3 Å². The minimum absolute atomic E-state index is 0.0809. The summed E-state index contributed by atoms with van der Waals surface area (Å²) in [5.74, 6) is -0.0809. The molecule has 0 spiro atoms. The van der Waals surface area contributed by atoms with Gasteiger partial charge in [0.15, 0.2) is 0 Å². The third kappa shape index (κ3) is 2.56. The molecule has 106 valence electrons. The van der Waals surface area contributed by atoms with Crippen LogP contribution in [-0.2, 0) is 6.18 Å². The highest BCUT2D eigenvalue weighted by Crippen LogP contribution is 2.45. The van der Waals surface area contributed by atoms with Gasteiger partial charge in [-0.15, -0.1) is 0 Å². The summed E-state index contributed by atoms with van der Waals surface area (Å²) in [5, 5.41) is 3.15. The molecule has 0 saturated heterocycles. The fourth-order valence-corrected chi connectivity index (χ4v) is 2.53. The largest absolute Gasteiger partial charge is 0.489 e. The van der Waals surface area contributed by atoms with Gasteiger partial charge in [0, 0.05) is 17.9 Å². The smallest absolute Gasteiger partial charge is 0.419 e. The number of ether oxygens (including phenoxy) is 1. The number of benzene rings is 1. The maximum absolute atomic E-state index is 12.9. The van der Waals surface area contributed by atoms with E-state index in [0.29, 0.717) is 0 Å². The molecule has 0 aromatic heterocycles. The molecule has 0 aliphatic heterocycles. The Morgan fingerprint density at radius 1 is 1.26 bits per heavy atom. The van der Waals surface area contributed by atoms with Gasteiger partial charge in [-0.25, -0.2) is 0 Å². The van der Waals surface area contributed by atoms with E-state index in [-0.39, 0.29) is 23.3 Å². The first-order chi connectivity index (χ1) is 8.76. The Balaban J connectivity index is 2.18. The molecule has 1 saturated carbocycles. The van der Waals surface area contributed by atoms with Crippen molar-refractivity contribution in [1.82, 2.24) is 5.32 Å². The molecule has 5 heteroatoms. The molecule has 0 amide bonds. The van der Waals surface area contributed by atoms with Crippen LogP contribution in [0.3, 0.4) is 0 Å². The first-order valence-electron chi connectivity index (χ1n) is 6.27. The van der Waals surface area contributed by atoms with Gasteiger partial charge in [-0.05, 0) is 19.2 Å². The predicted octanol–water partition coefficient (Wildman–Crippen LogP) is 3.47. The van der Waals surface area contributed by atoms with Crippen molar-refractivity contribution in [3.63, 3.8) is 0 Å². The van der Waals surface area contributed by atoms with E-state index >= 15 is 0 Å². The first kappa shape index (κ1) is 14.2. The summed E-state index contributed by atoms with van der Waals surface area (Å²) >= 11 is 0. The summed E-state index contributed by atoms with van der Waals surface area (Å²) in [6.07, 6.45) is -3.86. The number of para-hydroxylation sites is 1. The Bertz CT molecular complexity index is 456. The average molecular weight is 273 g/mol. The molecule has 1 aromatic rings. The fraction of sp³-hybridized carbons (Fsp3) is 0.571. The fourth-order valence-electron chi connectivity index (χ4n) is 2.53. The lowest BCUT2D eigenvalue weighted by Gasteiger charge is -2.51. The van der Waals surface area contributed by atoms with Crippen LogP contribution >= 0.6 is 0 Å². The van der Waals surface area contributed by atoms with Crippen molar-refractivity contribution < 1.29 is 17.9 Å². The second kappa shape index (κ2) is 4.71. The zero-order valence-corrected chi connectivity index (χ0v) is 11.2. The van der Waals surface area contributed by atoms with Crippen LogP contribution in [0.15, 0.2) is 24.3 Å². The molecule has 0 radical (unpaired) electrons. The standard InChI is InChI=1S/C14H18F3NO/c1-13(2)11(18-3)8-12(13)19-10-7-5-4-6-9(10)14(15,16)17/h4-7,11-12,18H,8H2,1-3H3. The molecular formula is C14H18F3NO. The number of alkyl halides is 3. The quantitative estimate of drug-likeness (QED) is 0.910. The maximum atomic E-state index is 12.9. The van der Waals surface area contributed by atoms with E-state index in [1.165, 1.54) is 12.1 Å². The summed E-state index contributed by atoms with van der Waals surface area (Å²) in [6, 6.07) is 5.64. The maximum Gasteiger partial charge on any atom is 0.419 e. The molecule has 1 aliphatic carbocycles. The zero-order valence-electron chi connectivity index (χ0n) is 11.2. The molecular weight excluding hydrogens is 255 g/mol. The lowest BCUT2D eigenvalue weighted by atomic mass is 9.64. The van der Waals surface area contributed by atoms with Crippen LogP contribution < -0.4 is 10.1 Å². The molecule has 1 aromatic carbocycles. The lowest BCUT2D eigenvalue weighted by molar-refractivity contribution is -0.141. The van der Waals surface area contributed by atoms with Crippen molar-refractivity contribution >= 4 is 0 Å². The lowest BCUT2D eigenvalue weighted by Crippen LogP contribution is -2.61. The first-order valence-corrected chi connectivity index (χ1v) is 6.27. The molecule has 1 fully saturated rings. The molecule has 0 heterocycles. The van der Waals surface area contributed by atoms with Gasteiger partial charge in [0.05, 0.1) is 5.56 Å². The summed E-state index contributed by atoms with van der Waals surface area (Å²) in [4.78, 5) is 0. The highest BCUT2D eigenvalue weighted by atomic mass is 19.4. The van der Waals surface area contributed by atoms with E-state index in [1.807, 2.05) is 20.9 Å². The van der Waals surface area contributed by atoms with Crippen molar-refractivity contribution in [2.75, 3.05) is 7.05 Å². The Kier molecular flexibility index (Phi) is 3.51. The Morgan fingerprint density at radius 3 is 2.42 bits per heavy atom. The monoisotopic (exact) mass is 273 g/mol. The Labute approximate surface area is 111 Å². The van der Waals surface area contributed by atoms with Crippen LogP contribution in [0.4, 0.5) is 13.2 Å². The number of hydrogen-bond acceptors (Lipinski definition) is 2. The molecule has 2 nitrogen and oxygen atoms in total. The van der Waals surface area contributed by atoms with Crippen LogP contribution in [0.2, 0.25) is 0 Å². The van der Waals surface area contributed by atoms with Gasteiger partial charge in [-0.3, -0.25) is 0 Å².